The zero-order valence-electron chi connectivity index (χ0n) is 12.8. The first-order valence-electron chi connectivity index (χ1n) is 7.04. The summed E-state index contributed by atoms with van der Waals surface area (Å²) in [4.78, 5) is 16.1. The molecule has 0 saturated heterocycles. The normalized spacial score (nSPS) is 11.5. The number of rotatable bonds is 6. The fourth-order valence-corrected chi connectivity index (χ4v) is 1.83. The van der Waals surface area contributed by atoms with Gasteiger partial charge in [0.25, 0.3) is 5.89 Å². The van der Waals surface area contributed by atoms with Gasteiger partial charge < -0.3 is 9.84 Å². The molecule has 2 aromatic rings. The Morgan fingerprint density at radius 1 is 1.41 bits per heavy atom. The molecule has 6 nitrogen and oxygen atoms in total. The predicted octanol–water partition coefficient (Wildman–Crippen LogP) is 1.88. The molecule has 0 aliphatic heterocycles. The Balaban J connectivity index is 2.02. The number of aromatic nitrogens is 2. The van der Waals surface area contributed by atoms with Gasteiger partial charge in [-0.15, -0.1) is 0 Å². The number of nitrogens with one attached hydrogen (secondary N) is 2. The minimum absolute atomic E-state index is 0.108. The highest BCUT2D eigenvalue weighted by Crippen LogP contribution is 2.18. The Morgan fingerprint density at radius 3 is 2.86 bits per heavy atom. The first-order valence-corrected chi connectivity index (χ1v) is 7.04. The minimum atomic E-state index is -0.754. The Labute approximate surface area is 128 Å². The molecule has 0 spiro atoms. The molecular weight excluding hydrogens is 287 g/mol. The van der Waals surface area contributed by atoms with E-state index in [2.05, 4.69) is 20.8 Å². The third-order valence-electron chi connectivity index (χ3n) is 3.13. The molecule has 1 aromatic carbocycles. The fourth-order valence-electron chi connectivity index (χ4n) is 1.83. The van der Waals surface area contributed by atoms with Gasteiger partial charge in [-0.3, -0.25) is 10.1 Å². The molecular formula is C15H19FN4O2. The summed E-state index contributed by atoms with van der Waals surface area (Å²) in [5.41, 5.74) is -0.239. The van der Waals surface area contributed by atoms with Crippen LogP contribution in [0.15, 0.2) is 28.8 Å². The van der Waals surface area contributed by atoms with Crippen LogP contribution in [0.3, 0.4) is 0 Å². The maximum absolute atomic E-state index is 13.2. The van der Waals surface area contributed by atoms with E-state index in [0.717, 1.165) is 0 Å². The summed E-state index contributed by atoms with van der Waals surface area (Å²) in [7, 11) is 0. The van der Waals surface area contributed by atoms with Crippen LogP contribution >= 0.6 is 0 Å². The average Bonchev–Trinajstić information content (AvgIpc) is 2.94. The van der Waals surface area contributed by atoms with Crippen LogP contribution in [0.5, 0.6) is 0 Å². The topological polar surface area (TPSA) is 80.0 Å². The van der Waals surface area contributed by atoms with Crippen LogP contribution in [0.1, 0.15) is 26.6 Å². The number of amides is 1. The highest BCUT2D eigenvalue weighted by Gasteiger charge is 2.26. The molecule has 1 aromatic heterocycles. The first kappa shape index (κ1) is 16.1. The van der Waals surface area contributed by atoms with E-state index in [9.17, 15) is 9.18 Å². The molecule has 1 amide bonds. The van der Waals surface area contributed by atoms with Crippen LogP contribution in [0.25, 0.3) is 11.5 Å². The van der Waals surface area contributed by atoms with Crippen molar-refractivity contribution in [1.82, 2.24) is 20.8 Å². The van der Waals surface area contributed by atoms with Crippen LogP contribution < -0.4 is 10.6 Å². The van der Waals surface area contributed by atoms with E-state index in [4.69, 9.17) is 4.52 Å². The molecule has 1 heterocycles. The van der Waals surface area contributed by atoms with Crippen molar-refractivity contribution in [3.8, 4) is 11.5 Å². The summed E-state index contributed by atoms with van der Waals surface area (Å²) < 4.78 is 18.3. The lowest BCUT2D eigenvalue weighted by Crippen LogP contribution is -2.52. The maximum atomic E-state index is 13.2. The van der Waals surface area contributed by atoms with E-state index in [0.29, 0.717) is 17.9 Å². The van der Waals surface area contributed by atoms with Crippen molar-refractivity contribution in [3.63, 3.8) is 0 Å². The predicted molar refractivity (Wildman–Crippen MR) is 79.3 cm³/mol. The van der Waals surface area contributed by atoms with Gasteiger partial charge in [-0.05, 0) is 39.0 Å². The van der Waals surface area contributed by atoms with Crippen LogP contribution in [-0.4, -0.2) is 28.1 Å². The smallest absolute Gasteiger partial charge is 0.258 e. The summed E-state index contributed by atoms with van der Waals surface area (Å²) in [5, 5.41) is 9.64. The van der Waals surface area contributed by atoms with Crippen molar-refractivity contribution in [1.29, 1.82) is 0 Å². The van der Waals surface area contributed by atoms with E-state index in [1.807, 2.05) is 6.92 Å². The van der Waals surface area contributed by atoms with E-state index >= 15 is 0 Å². The SMILES string of the molecule is CCNC(=O)C(C)(C)NCc1noc(-c2cccc(F)c2)n1. The molecule has 2 N–H and O–H groups in total. The molecule has 118 valence electrons. The van der Waals surface area contributed by atoms with Crippen LogP contribution in [0.2, 0.25) is 0 Å². The van der Waals surface area contributed by atoms with Crippen molar-refractivity contribution in [3.05, 3.63) is 35.9 Å². The van der Waals surface area contributed by atoms with E-state index in [1.54, 1.807) is 26.0 Å². The van der Waals surface area contributed by atoms with Crippen LogP contribution in [0.4, 0.5) is 4.39 Å². The monoisotopic (exact) mass is 306 g/mol. The molecule has 7 heteroatoms. The van der Waals surface area contributed by atoms with Gasteiger partial charge in [0.05, 0.1) is 12.1 Å². The molecule has 0 saturated carbocycles. The van der Waals surface area contributed by atoms with Gasteiger partial charge in [0, 0.05) is 12.1 Å². The molecule has 0 unspecified atom stereocenters. The molecule has 0 bridgehead atoms. The number of halogens is 1. The van der Waals surface area contributed by atoms with Gasteiger partial charge in [-0.25, -0.2) is 4.39 Å². The Morgan fingerprint density at radius 2 is 2.18 bits per heavy atom. The van der Waals surface area contributed by atoms with Gasteiger partial charge in [-0.1, -0.05) is 11.2 Å². The second-order valence-electron chi connectivity index (χ2n) is 5.36. The lowest BCUT2D eigenvalue weighted by molar-refractivity contribution is -0.126. The van der Waals surface area contributed by atoms with Crippen LogP contribution in [0, 0.1) is 5.82 Å². The molecule has 0 aliphatic rings. The first-order chi connectivity index (χ1) is 10.4. The number of carbonyl (C=O) groups excluding carboxylic acids is 1. The molecule has 0 aliphatic carbocycles. The zero-order valence-corrected chi connectivity index (χ0v) is 12.8. The van der Waals surface area contributed by atoms with Gasteiger partial charge in [0.15, 0.2) is 5.82 Å². The summed E-state index contributed by atoms with van der Waals surface area (Å²) in [6, 6.07) is 5.93. The fraction of sp³-hybridized carbons (Fsp3) is 0.400. The lowest BCUT2D eigenvalue weighted by atomic mass is 10.0. The zero-order chi connectivity index (χ0) is 16.2. The second kappa shape index (κ2) is 6.65. The van der Waals surface area contributed by atoms with E-state index in [-0.39, 0.29) is 24.2 Å². The number of likely N-dealkylation sites (N-methyl/N-ethyl adjacent to an activating group) is 1. The van der Waals surface area contributed by atoms with Gasteiger partial charge >= 0.3 is 0 Å². The number of hydrogen-bond acceptors (Lipinski definition) is 5. The van der Waals surface area contributed by atoms with E-state index < -0.39 is 5.54 Å². The van der Waals surface area contributed by atoms with Crippen molar-refractivity contribution in [2.75, 3.05) is 6.54 Å². The third kappa shape index (κ3) is 3.88. The van der Waals surface area contributed by atoms with Crippen molar-refractivity contribution in [2.45, 2.75) is 32.9 Å². The summed E-state index contributed by atoms with van der Waals surface area (Å²) in [5.74, 6) is 0.167. The number of benzene rings is 1. The van der Waals surface area contributed by atoms with Crippen LogP contribution in [-0.2, 0) is 11.3 Å². The minimum Gasteiger partial charge on any atom is -0.355 e. The number of nitrogens with zero attached hydrogens (tertiary/aromatic N) is 2. The molecule has 0 fully saturated rings. The maximum Gasteiger partial charge on any atom is 0.258 e. The second-order valence-corrected chi connectivity index (χ2v) is 5.36. The molecule has 0 radical (unpaired) electrons. The highest BCUT2D eigenvalue weighted by atomic mass is 19.1. The third-order valence-corrected chi connectivity index (χ3v) is 3.13. The Hall–Kier alpha value is -2.28. The Kier molecular flexibility index (Phi) is 4.87. The standard InChI is InChI=1S/C15H19FN4O2/c1-4-17-14(21)15(2,3)18-9-12-19-13(22-20-12)10-6-5-7-11(16)8-10/h5-8,18H,4,9H2,1-3H3,(H,17,21). The number of hydrogen-bond donors (Lipinski definition) is 2. The van der Waals surface area contributed by atoms with Gasteiger partial charge in [-0.2, -0.15) is 4.98 Å². The summed E-state index contributed by atoms with van der Waals surface area (Å²) in [6.45, 7) is 6.23. The summed E-state index contributed by atoms with van der Waals surface area (Å²) in [6.07, 6.45) is 0. The van der Waals surface area contributed by atoms with Crippen molar-refractivity contribution >= 4 is 5.91 Å². The van der Waals surface area contributed by atoms with Gasteiger partial charge in [0.1, 0.15) is 5.82 Å². The molecule has 2 rings (SSSR count). The van der Waals surface area contributed by atoms with Crippen molar-refractivity contribution in [2.24, 2.45) is 0 Å². The summed E-state index contributed by atoms with van der Waals surface area (Å²) >= 11 is 0. The quantitative estimate of drug-likeness (QED) is 0.852. The number of carbonyl (C=O) groups is 1. The molecule has 22 heavy (non-hydrogen) atoms. The highest BCUT2D eigenvalue weighted by molar-refractivity contribution is 5.85. The lowest BCUT2D eigenvalue weighted by Gasteiger charge is -2.24. The Bertz CT molecular complexity index is 654. The van der Waals surface area contributed by atoms with E-state index in [1.165, 1.54) is 12.1 Å². The largest absolute Gasteiger partial charge is 0.355 e. The van der Waals surface area contributed by atoms with Crippen molar-refractivity contribution < 1.29 is 13.7 Å². The molecule has 0 atom stereocenters. The average molecular weight is 306 g/mol. The van der Waals surface area contributed by atoms with Gasteiger partial charge in [0.2, 0.25) is 5.91 Å².